The average molecular weight is 214 g/mol. The van der Waals surface area contributed by atoms with Crippen LogP contribution in [0.4, 0.5) is 0 Å². The number of nitrogens with one attached hydrogen (secondary N) is 2. The number of pyridine rings is 1. The first-order valence-corrected chi connectivity index (χ1v) is 5.50. The molecule has 1 aliphatic rings. The molecule has 1 unspecified atom stereocenters. The van der Waals surface area contributed by atoms with E-state index in [4.69, 9.17) is 0 Å². The van der Waals surface area contributed by atoms with Gasteiger partial charge in [-0.1, -0.05) is 6.07 Å². The van der Waals surface area contributed by atoms with Gasteiger partial charge in [0.05, 0.1) is 17.7 Å². The third kappa shape index (κ3) is 1.27. The number of H-pyrrole nitrogens is 1. The molecule has 0 radical (unpaired) electrons. The zero-order valence-corrected chi connectivity index (χ0v) is 9.20. The van der Waals surface area contributed by atoms with Crippen LogP contribution < -0.4 is 5.32 Å². The summed E-state index contributed by atoms with van der Waals surface area (Å²) in [6, 6.07) is 5.98. The van der Waals surface area contributed by atoms with Gasteiger partial charge in [0, 0.05) is 24.9 Å². The summed E-state index contributed by atoms with van der Waals surface area (Å²) >= 11 is 0. The van der Waals surface area contributed by atoms with E-state index < -0.39 is 0 Å². The Morgan fingerprint density at radius 3 is 3.06 bits per heavy atom. The Labute approximate surface area is 94.1 Å². The lowest BCUT2D eigenvalue weighted by Crippen LogP contribution is -2.46. The fraction of sp³-hybridized carbons (Fsp3) is 0.333. The second kappa shape index (κ2) is 3.42. The molecule has 16 heavy (non-hydrogen) atoms. The van der Waals surface area contributed by atoms with Crippen molar-refractivity contribution in [2.45, 2.75) is 18.9 Å². The largest absolute Gasteiger partial charge is 0.348 e. The summed E-state index contributed by atoms with van der Waals surface area (Å²) in [6.07, 6.45) is 4.58. The molecule has 0 aromatic carbocycles. The molecule has 0 saturated heterocycles. The van der Waals surface area contributed by atoms with Crippen molar-refractivity contribution in [3.05, 3.63) is 47.8 Å². The lowest BCUT2D eigenvalue weighted by atomic mass is 9.88. The van der Waals surface area contributed by atoms with Crippen molar-refractivity contribution in [1.82, 2.24) is 20.3 Å². The number of rotatable bonds is 1. The second-order valence-corrected chi connectivity index (χ2v) is 4.25. The minimum absolute atomic E-state index is 0.269. The normalized spacial score (nSPS) is 24.1. The maximum Gasteiger partial charge on any atom is 0.103 e. The van der Waals surface area contributed by atoms with Gasteiger partial charge in [-0.2, -0.15) is 0 Å². The first kappa shape index (κ1) is 9.54. The van der Waals surface area contributed by atoms with E-state index in [0.29, 0.717) is 0 Å². The fourth-order valence-electron chi connectivity index (χ4n) is 2.33. The highest BCUT2D eigenvalue weighted by molar-refractivity contribution is 5.34. The lowest BCUT2D eigenvalue weighted by molar-refractivity contribution is 0.393. The van der Waals surface area contributed by atoms with Gasteiger partial charge in [-0.05, 0) is 19.1 Å². The quantitative estimate of drug-likeness (QED) is 0.750. The van der Waals surface area contributed by atoms with Gasteiger partial charge in [0.2, 0.25) is 0 Å². The smallest absolute Gasteiger partial charge is 0.103 e. The van der Waals surface area contributed by atoms with Crippen molar-refractivity contribution in [3.63, 3.8) is 0 Å². The van der Waals surface area contributed by atoms with Crippen molar-refractivity contribution >= 4 is 0 Å². The third-order valence-corrected chi connectivity index (χ3v) is 3.22. The SMILES string of the molecule is CC1(c2ccccn2)NCCc2[nH]cnc21. The van der Waals surface area contributed by atoms with E-state index in [9.17, 15) is 0 Å². The van der Waals surface area contributed by atoms with Crippen LogP contribution in [0.15, 0.2) is 30.7 Å². The van der Waals surface area contributed by atoms with Crippen molar-refractivity contribution in [2.75, 3.05) is 6.54 Å². The molecular formula is C12H14N4. The molecule has 0 amide bonds. The predicted octanol–water partition coefficient (Wildman–Crippen LogP) is 1.21. The van der Waals surface area contributed by atoms with Crippen LogP contribution in [0.25, 0.3) is 0 Å². The maximum atomic E-state index is 4.44. The van der Waals surface area contributed by atoms with E-state index in [1.54, 1.807) is 6.33 Å². The van der Waals surface area contributed by atoms with Crippen molar-refractivity contribution in [2.24, 2.45) is 0 Å². The van der Waals surface area contributed by atoms with E-state index in [2.05, 4.69) is 27.2 Å². The van der Waals surface area contributed by atoms with Crippen LogP contribution in [0.1, 0.15) is 24.0 Å². The summed E-state index contributed by atoms with van der Waals surface area (Å²) in [5.74, 6) is 0. The Kier molecular flexibility index (Phi) is 2.04. The van der Waals surface area contributed by atoms with Gasteiger partial charge < -0.3 is 10.3 Å². The minimum Gasteiger partial charge on any atom is -0.348 e. The zero-order valence-electron chi connectivity index (χ0n) is 9.20. The lowest BCUT2D eigenvalue weighted by Gasteiger charge is -2.33. The molecular weight excluding hydrogens is 200 g/mol. The molecule has 4 nitrogen and oxygen atoms in total. The van der Waals surface area contributed by atoms with Crippen LogP contribution in [0.3, 0.4) is 0 Å². The molecule has 2 N–H and O–H groups in total. The summed E-state index contributed by atoms with van der Waals surface area (Å²) in [7, 11) is 0. The standard InChI is InChI=1S/C12H14N4/c1-12(10-4-2-3-6-13-10)11-9(5-7-16-12)14-8-15-11/h2-4,6,8,16H,5,7H2,1H3,(H,14,15). The van der Waals surface area contributed by atoms with Crippen LogP contribution in [0, 0.1) is 0 Å². The number of nitrogens with zero attached hydrogens (tertiary/aromatic N) is 2. The minimum atomic E-state index is -0.269. The highest BCUT2D eigenvalue weighted by Gasteiger charge is 2.36. The predicted molar refractivity (Wildman–Crippen MR) is 61.0 cm³/mol. The van der Waals surface area contributed by atoms with Crippen LogP contribution in [0.5, 0.6) is 0 Å². The van der Waals surface area contributed by atoms with Crippen molar-refractivity contribution in [1.29, 1.82) is 0 Å². The summed E-state index contributed by atoms with van der Waals surface area (Å²) in [6.45, 7) is 3.08. The summed E-state index contributed by atoms with van der Waals surface area (Å²) in [5, 5.41) is 3.51. The molecule has 0 saturated carbocycles. The van der Waals surface area contributed by atoms with Gasteiger partial charge in [-0.3, -0.25) is 4.98 Å². The molecule has 1 aliphatic heterocycles. The number of fused-ring (bicyclic) bond motifs is 1. The Bertz CT molecular complexity index is 491. The van der Waals surface area contributed by atoms with Gasteiger partial charge in [0.15, 0.2) is 0 Å². The molecule has 2 aromatic heterocycles. The van der Waals surface area contributed by atoms with Crippen LogP contribution >= 0.6 is 0 Å². The van der Waals surface area contributed by atoms with E-state index in [0.717, 1.165) is 24.4 Å². The Morgan fingerprint density at radius 1 is 1.31 bits per heavy atom. The van der Waals surface area contributed by atoms with Crippen molar-refractivity contribution in [3.8, 4) is 0 Å². The van der Waals surface area contributed by atoms with E-state index >= 15 is 0 Å². The third-order valence-electron chi connectivity index (χ3n) is 3.22. The molecule has 3 heterocycles. The van der Waals surface area contributed by atoms with Crippen molar-refractivity contribution < 1.29 is 0 Å². The van der Waals surface area contributed by atoms with Gasteiger partial charge in [0.1, 0.15) is 5.54 Å². The number of aromatic amines is 1. The summed E-state index contributed by atoms with van der Waals surface area (Å²) < 4.78 is 0. The summed E-state index contributed by atoms with van der Waals surface area (Å²) in [5.41, 5.74) is 3.03. The Balaban J connectivity index is 2.14. The number of hydrogen-bond donors (Lipinski definition) is 2. The number of imidazole rings is 1. The van der Waals surface area contributed by atoms with E-state index in [1.165, 1.54) is 5.69 Å². The molecule has 2 aromatic rings. The molecule has 82 valence electrons. The van der Waals surface area contributed by atoms with Gasteiger partial charge >= 0.3 is 0 Å². The van der Waals surface area contributed by atoms with Gasteiger partial charge in [-0.25, -0.2) is 4.98 Å². The fourth-order valence-corrected chi connectivity index (χ4v) is 2.33. The molecule has 3 rings (SSSR count). The van der Waals surface area contributed by atoms with Gasteiger partial charge in [0.25, 0.3) is 0 Å². The van der Waals surface area contributed by atoms with E-state index in [-0.39, 0.29) is 5.54 Å². The molecule has 0 bridgehead atoms. The maximum absolute atomic E-state index is 4.44. The Morgan fingerprint density at radius 2 is 2.25 bits per heavy atom. The molecule has 4 heteroatoms. The molecule has 1 atom stereocenters. The topological polar surface area (TPSA) is 53.6 Å². The molecule has 0 spiro atoms. The highest BCUT2D eigenvalue weighted by atomic mass is 15.1. The number of aromatic nitrogens is 3. The van der Waals surface area contributed by atoms with E-state index in [1.807, 2.05) is 24.4 Å². The number of hydrogen-bond acceptors (Lipinski definition) is 3. The summed E-state index contributed by atoms with van der Waals surface area (Å²) in [4.78, 5) is 12.1. The molecule has 0 fully saturated rings. The Hall–Kier alpha value is -1.68. The zero-order chi connectivity index (χ0) is 11.0. The average Bonchev–Trinajstić information content (AvgIpc) is 2.80. The molecule has 0 aliphatic carbocycles. The first-order chi connectivity index (χ1) is 7.81. The monoisotopic (exact) mass is 214 g/mol. The van der Waals surface area contributed by atoms with Gasteiger partial charge in [-0.15, -0.1) is 0 Å². The second-order valence-electron chi connectivity index (χ2n) is 4.25. The first-order valence-electron chi connectivity index (χ1n) is 5.50. The van der Waals surface area contributed by atoms with Crippen LogP contribution in [-0.4, -0.2) is 21.5 Å². The van der Waals surface area contributed by atoms with Crippen LogP contribution in [0.2, 0.25) is 0 Å². The highest BCUT2D eigenvalue weighted by Crippen LogP contribution is 2.30. The van der Waals surface area contributed by atoms with Crippen LogP contribution in [-0.2, 0) is 12.0 Å².